The first-order valence-corrected chi connectivity index (χ1v) is 13.7. The summed E-state index contributed by atoms with van der Waals surface area (Å²) in [6, 6.07) is 11.9. The Balaban J connectivity index is 1.03. The summed E-state index contributed by atoms with van der Waals surface area (Å²) in [6.45, 7) is 1.32. The molecule has 232 valence electrons. The number of rotatable bonds is 9. The van der Waals surface area contributed by atoms with Crippen molar-refractivity contribution in [3.63, 3.8) is 0 Å². The van der Waals surface area contributed by atoms with Crippen LogP contribution in [0.15, 0.2) is 48.5 Å². The van der Waals surface area contributed by atoms with Crippen LogP contribution in [0.4, 0.5) is 39.4 Å². The number of benzene rings is 1. The van der Waals surface area contributed by atoms with Crippen LogP contribution >= 0.6 is 0 Å². The highest BCUT2D eigenvalue weighted by Crippen LogP contribution is 2.48. The number of hydrogen-bond acceptors (Lipinski definition) is 9. The van der Waals surface area contributed by atoms with E-state index < -0.39 is 30.0 Å². The first-order valence-electron chi connectivity index (χ1n) is 13.7. The second-order valence-corrected chi connectivity index (χ2v) is 10.8. The number of amides is 1. The Labute approximate surface area is 247 Å². The lowest BCUT2D eigenvalue weighted by Crippen LogP contribution is -2.33. The van der Waals surface area contributed by atoms with Gasteiger partial charge in [0.05, 0.1) is 0 Å². The SMILES string of the molecule is CO[C@@H](C(=O)Nc1ccc(N[C@@H]2CCN(c3cc4cc(C5CC(F)(F)C5)[nH]c4nn3)C2)nn1)c1cccc(OC(F)(F)F)c1. The first-order chi connectivity index (χ1) is 20.9. The number of aromatic nitrogens is 5. The van der Waals surface area contributed by atoms with E-state index >= 15 is 0 Å². The Morgan fingerprint density at radius 1 is 1.07 bits per heavy atom. The van der Waals surface area contributed by atoms with Gasteiger partial charge in [-0.3, -0.25) is 4.79 Å². The third kappa shape index (κ3) is 6.64. The average molecular weight is 619 g/mol. The van der Waals surface area contributed by atoms with Gasteiger partial charge in [0, 0.05) is 56.1 Å². The minimum absolute atomic E-state index is 0.0188. The van der Waals surface area contributed by atoms with Crippen molar-refractivity contribution in [2.45, 2.75) is 49.6 Å². The number of aromatic amines is 1. The van der Waals surface area contributed by atoms with Gasteiger partial charge < -0.3 is 30.0 Å². The number of alkyl halides is 5. The largest absolute Gasteiger partial charge is 0.573 e. The summed E-state index contributed by atoms with van der Waals surface area (Å²) in [7, 11) is 1.25. The second kappa shape index (κ2) is 11.5. The van der Waals surface area contributed by atoms with Crippen LogP contribution in [-0.4, -0.2) is 69.8 Å². The summed E-state index contributed by atoms with van der Waals surface area (Å²) in [5.74, 6) is -2.66. The molecule has 0 radical (unpaired) electrons. The van der Waals surface area contributed by atoms with Crippen LogP contribution in [0.25, 0.3) is 11.0 Å². The Morgan fingerprint density at radius 3 is 2.55 bits per heavy atom. The lowest BCUT2D eigenvalue weighted by Gasteiger charge is -2.34. The molecule has 0 unspecified atom stereocenters. The second-order valence-electron chi connectivity index (χ2n) is 10.8. The molecule has 4 aromatic rings. The predicted octanol–water partition coefficient (Wildman–Crippen LogP) is 5.18. The van der Waals surface area contributed by atoms with Gasteiger partial charge in [-0.15, -0.1) is 33.6 Å². The Hall–Kier alpha value is -4.60. The number of anilines is 3. The van der Waals surface area contributed by atoms with Gasteiger partial charge in [-0.2, -0.15) is 0 Å². The zero-order valence-electron chi connectivity index (χ0n) is 23.2. The van der Waals surface area contributed by atoms with Crippen LogP contribution in [0.2, 0.25) is 0 Å². The zero-order valence-corrected chi connectivity index (χ0v) is 23.2. The van der Waals surface area contributed by atoms with E-state index in [2.05, 4.69) is 45.6 Å². The number of carbonyl (C=O) groups is 1. The Bertz CT molecular complexity index is 1640. The van der Waals surface area contributed by atoms with Gasteiger partial charge in [-0.05, 0) is 48.4 Å². The van der Waals surface area contributed by atoms with Crippen molar-refractivity contribution < 1.29 is 36.2 Å². The van der Waals surface area contributed by atoms with Crippen molar-refractivity contribution in [2.24, 2.45) is 0 Å². The zero-order chi connectivity index (χ0) is 31.1. The van der Waals surface area contributed by atoms with E-state index in [-0.39, 0.29) is 36.2 Å². The molecule has 1 saturated carbocycles. The molecule has 6 rings (SSSR count). The molecule has 1 aliphatic carbocycles. The van der Waals surface area contributed by atoms with Crippen LogP contribution in [0, 0.1) is 0 Å². The predicted molar refractivity (Wildman–Crippen MR) is 149 cm³/mol. The maximum absolute atomic E-state index is 13.3. The highest BCUT2D eigenvalue weighted by molar-refractivity contribution is 5.94. The fourth-order valence-corrected chi connectivity index (χ4v) is 5.43. The molecule has 3 aromatic heterocycles. The number of ether oxygens (including phenoxy) is 2. The quantitative estimate of drug-likeness (QED) is 0.217. The number of hydrogen-bond donors (Lipinski definition) is 3. The van der Waals surface area contributed by atoms with E-state index in [4.69, 9.17) is 4.74 Å². The van der Waals surface area contributed by atoms with Crippen LogP contribution in [0.3, 0.4) is 0 Å². The molecule has 0 bridgehead atoms. The van der Waals surface area contributed by atoms with E-state index in [0.717, 1.165) is 29.6 Å². The van der Waals surface area contributed by atoms with Gasteiger partial charge in [0.1, 0.15) is 11.6 Å². The molecule has 2 fully saturated rings. The highest BCUT2D eigenvalue weighted by Gasteiger charge is 2.46. The number of methoxy groups -OCH3 is 1. The average Bonchev–Trinajstić information content (AvgIpc) is 3.59. The summed E-state index contributed by atoms with van der Waals surface area (Å²) in [5, 5.41) is 23.4. The lowest BCUT2D eigenvalue weighted by molar-refractivity contribution is -0.274. The number of H-pyrrole nitrogens is 1. The van der Waals surface area contributed by atoms with Crippen molar-refractivity contribution in [2.75, 3.05) is 35.7 Å². The minimum atomic E-state index is -4.87. The maximum atomic E-state index is 13.3. The minimum Gasteiger partial charge on any atom is -0.406 e. The van der Waals surface area contributed by atoms with Crippen LogP contribution in [-0.2, 0) is 9.53 Å². The van der Waals surface area contributed by atoms with Gasteiger partial charge in [-0.25, -0.2) is 8.78 Å². The fraction of sp³-hybridized carbons (Fsp3) is 0.393. The number of nitrogens with zero attached hydrogens (tertiary/aromatic N) is 5. The van der Waals surface area contributed by atoms with Crippen molar-refractivity contribution in [3.05, 3.63) is 59.8 Å². The lowest BCUT2D eigenvalue weighted by atomic mass is 9.79. The van der Waals surface area contributed by atoms with Crippen LogP contribution < -0.4 is 20.3 Å². The molecule has 4 heterocycles. The van der Waals surface area contributed by atoms with Gasteiger partial charge in [0.2, 0.25) is 5.92 Å². The molecule has 1 amide bonds. The Morgan fingerprint density at radius 2 is 1.84 bits per heavy atom. The van der Waals surface area contributed by atoms with Crippen molar-refractivity contribution in [1.82, 2.24) is 25.4 Å². The summed E-state index contributed by atoms with van der Waals surface area (Å²) < 4.78 is 73.5. The van der Waals surface area contributed by atoms with E-state index in [1.54, 1.807) is 6.07 Å². The molecule has 2 atom stereocenters. The maximum Gasteiger partial charge on any atom is 0.573 e. The number of nitrogens with one attached hydrogen (secondary N) is 3. The molecular weight excluding hydrogens is 591 g/mol. The fourth-order valence-electron chi connectivity index (χ4n) is 5.43. The standard InChI is InChI=1S/C28H27F5N8O3/c1-43-24(15-3-2-4-19(9-15)44-28(31,32)33)26(42)36-22-6-5-21(37-38-22)34-18-7-8-41(14-18)23-11-16-10-20(35-25(16)40-39-23)17-12-27(29,30)13-17/h2-6,9-11,17-18,24H,7-8,12-14H2,1H3,(H,34,37)(H,35,40)(H,36,38,42)/t18-,24-/m1/s1. The molecule has 1 aromatic carbocycles. The van der Waals surface area contributed by atoms with Gasteiger partial charge in [-0.1, -0.05) is 12.1 Å². The van der Waals surface area contributed by atoms with E-state index in [0.29, 0.717) is 30.4 Å². The van der Waals surface area contributed by atoms with E-state index in [1.165, 1.54) is 25.3 Å². The van der Waals surface area contributed by atoms with E-state index in [9.17, 15) is 26.7 Å². The summed E-state index contributed by atoms with van der Waals surface area (Å²) in [4.78, 5) is 18.0. The van der Waals surface area contributed by atoms with Crippen molar-refractivity contribution in [3.8, 4) is 5.75 Å². The van der Waals surface area contributed by atoms with Crippen molar-refractivity contribution in [1.29, 1.82) is 0 Å². The molecule has 44 heavy (non-hydrogen) atoms. The topological polar surface area (TPSA) is 130 Å². The molecule has 11 nitrogen and oxygen atoms in total. The molecule has 16 heteroatoms. The van der Waals surface area contributed by atoms with Gasteiger partial charge in [0.25, 0.3) is 5.91 Å². The Kier molecular flexibility index (Phi) is 7.69. The van der Waals surface area contributed by atoms with Gasteiger partial charge >= 0.3 is 6.36 Å². The number of carbonyl (C=O) groups excluding carboxylic acids is 1. The first kappa shape index (κ1) is 29.5. The summed E-state index contributed by atoms with van der Waals surface area (Å²) in [6.07, 6.45) is -5.65. The molecule has 0 spiro atoms. The molecular formula is C28H27F5N8O3. The van der Waals surface area contributed by atoms with E-state index in [1.807, 2.05) is 12.1 Å². The van der Waals surface area contributed by atoms with Crippen molar-refractivity contribution >= 4 is 34.4 Å². The molecule has 1 saturated heterocycles. The third-order valence-corrected chi connectivity index (χ3v) is 7.56. The number of halogens is 5. The third-order valence-electron chi connectivity index (χ3n) is 7.56. The summed E-state index contributed by atoms with van der Waals surface area (Å²) in [5.41, 5.74) is 1.47. The van der Waals surface area contributed by atoms with Crippen LogP contribution in [0.1, 0.15) is 42.5 Å². The smallest absolute Gasteiger partial charge is 0.406 e. The molecule has 2 aliphatic rings. The molecule has 1 aliphatic heterocycles. The number of fused-ring (bicyclic) bond motifs is 1. The monoisotopic (exact) mass is 618 g/mol. The summed E-state index contributed by atoms with van der Waals surface area (Å²) >= 11 is 0. The molecule has 3 N–H and O–H groups in total. The highest BCUT2D eigenvalue weighted by atomic mass is 19.4. The van der Waals surface area contributed by atoms with Crippen LogP contribution in [0.5, 0.6) is 5.75 Å². The van der Waals surface area contributed by atoms with Gasteiger partial charge in [0.15, 0.2) is 23.4 Å². The normalized spacial score (nSPS) is 19.0.